The summed E-state index contributed by atoms with van der Waals surface area (Å²) in [5, 5.41) is 3.81. The molecule has 0 bridgehead atoms. The average Bonchev–Trinajstić information content (AvgIpc) is 2.76. The summed E-state index contributed by atoms with van der Waals surface area (Å²) in [5.74, 6) is 0.774. The normalized spacial score (nSPS) is 17.8. The first-order chi connectivity index (χ1) is 8.33. The van der Waals surface area contributed by atoms with Crippen LogP contribution in [0.15, 0.2) is 36.7 Å². The van der Waals surface area contributed by atoms with Crippen molar-refractivity contribution in [3.63, 3.8) is 0 Å². The largest absolute Gasteiger partial charge is 0.362 e. The van der Waals surface area contributed by atoms with E-state index < -0.39 is 0 Å². The van der Waals surface area contributed by atoms with Gasteiger partial charge in [0, 0.05) is 0 Å². The van der Waals surface area contributed by atoms with Gasteiger partial charge in [-0.25, -0.2) is 9.97 Å². The van der Waals surface area contributed by atoms with Crippen molar-refractivity contribution in [1.29, 1.82) is 0 Å². The molecule has 2 aromatic rings. The molecule has 1 aromatic carbocycles. The zero-order chi connectivity index (χ0) is 11.7. The molecule has 0 saturated heterocycles. The van der Waals surface area contributed by atoms with Crippen molar-refractivity contribution in [1.82, 2.24) is 9.97 Å². The van der Waals surface area contributed by atoms with Crippen molar-refractivity contribution in [2.45, 2.75) is 18.9 Å². The van der Waals surface area contributed by atoms with E-state index in [1.165, 1.54) is 11.1 Å². The molecule has 1 aliphatic rings. The number of nitrogens with one attached hydrogen (secondary N) is 1. The summed E-state index contributed by atoms with van der Waals surface area (Å²) in [6, 6.07) is 8.85. The minimum Gasteiger partial charge on any atom is -0.362 e. The second kappa shape index (κ2) is 4.34. The first-order valence-electron chi connectivity index (χ1n) is 5.65. The van der Waals surface area contributed by atoms with Crippen molar-refractivity contribution >= 4 is 17.4 Å². The molecule has 0 saturated carbocycles. The van der Waals surface area contributed by atoms with Gasteiger partial charge in [0.25, 0.3) is 0 Å². The molecule has 1 heterocycles. The maximum absolute atomic E-state index is 5.71. The molecule has 0 fully saturated rings. The van der Waals surface area contributed by atoms with Gasteiger partial charge < -0.3 is 5.32 Å². The zero-order valence-corrected chi connectivity index (χ0v) is 9.98. The first-order valence-corrected chi connectivity index (χ1v) is 6.02. The Labute approximate surface area is 105 Å². The van der Waals surface area contributed by atoms with E-state index in [1.807, 2.05) is 0 Å². The molecule has 1 atom stereocenters. The van der Waals surface area contributed by atoms with Gasteiger partial charge in [0.15, 0.2) is 0 Å². The van der Waals surface area contributed by atoms with Gasteiger partial charge in [-0.05, 0) is 24.0 Å². The van der Waals surface area contributed by atoms with Gasteiger partial charge in [-0.2, -0.15) is 0 Å². The molecule has 0 amide bonds. The Hall–Kier alpha value is -1.61. The van der Waals surface area contributed by atoms with E-state index in [1.54, 1.807) is 12.4 Å². The van der Waals surface area contributed by atoms with Crippen LogP contribution in [0, 0.1) is 0 Å². The lowest BCUT2D eigenvalue weighted by Crippen LogP contribution is -2.08. The third-order valence-corrected chi connectivity index (χ3v) is 3.27. The van der Waals surface area contributed by atoms with E-state index in [2.05, 4.69) is 39.6 Å². The summed E-state index contributed by atoms with van der Waals surface area (Å²) in [7, 11) is 0. The SMILES string of the molecule is Clc1cnc(N[C@@H]2CCc3ccccc32)cn1. The van der Waals surface area contributed by atoms with E-state index in [-0.39, 0.29) is 0 Å². The van der Waals surface area contributed by atoms with Crippen molar-refractivity contribution in [2.24, 2.45) is 0 Å². The molecule has 1 N–H and O–H groups in total. The lowest BCUT2D eigenvalue weighted by molar-refractivity contribution is 0.756. The molecular formula is C13H12ClN3. The van der Waals surface area contributed by atoms with Gasteiger partial charge in [0.1, 0.15) is 11.0 Å². The second-order valence-electron chi connectivity index (χ2n) is 4.16. The molecule has 1 aromatic heterocycles. The highest BCUT2D eigenvalue weighted by molar-refractivity contribution is 6.29. The Balaban J connectivity index is 1.81. The predicted molar refractivity (Wildman–Crippen MR) is 68.2 cm³/mol. The van der Waals surface area contributed by atoms with Crippen LogP contribution in [-0.2, 0) is 6.42 Å². The van der Waals surface area contributed by atoms with E-state index in [0.29, 0.717) is 11.2 Å². The summed E-state index contributed by atoms with van der Waals surface area (Å²) in [4.78, 5) is 8.23. The number of anilines is 1. The molecule has 17 heavy (non-hydrogen) atoms. The van der Waals surface area contributed by atoms with E-state index >= 15 is 0 Å². The zero-order valence-electron chi connectivity index (χ0n) is 9.23. The Morgan fingerprint density at radius 3 is 2.88 bits per heavy atom. The van der Waals surface area contributed by atoms with Crippen LogP contribution in [0.2, 0.25) is 5.15 Å². The third kappa shape index (κ3) is 2.11. The molecule has 0 spiro atoms. The minimum atomic E-state index is 0.335. The number of hydrogen-bond acceptors (Lipinski definition) is 3. The fraction of sp³-hybridized carbons (Fsp3) is 0.231. The molecule has 3 rings (SSSR count). The Bertz CT molecular complexity index is 524. The molecule has 3 nitrogen and oxygen atoms in total. The van der Waals surface area contributed by atoms with Gasteiger partial charge in [-0.15, -0.1) is 0 Å². The maximum atomic E-state index is 5.71. The quantitative estimate of drug-likeness (QED) is 0.883. The number of benzene rings is 1. The van der Waals surface area contributed by atoms with Crippen LogP contribution < -0.4 is 5.32 Å². The molecule has 4 heteroatoms. The predicted octanol–water partition coefficient (Wildman–Crippen LogP) is 3.23. The molecule has 86 valence electrons. The first kappa shape index (κ1) is 10.5. The van der Waals surface area contributed by atoms with Crippen molar-refractivity contribution < 1.29 is 0 Å². The van der Waals surface area contributed by atoms with Crippen LogP contribution in [0.3, 0.4) is 0 Å². The molecule has 0 unspecified atom stereocenters. The Kier molecular flexibility index (Phi) is 2.69. The van der Waals surface area contributed by atoms with Gasteiger partial charge in [-0.1, -0.05) is 35.9 Å². The number of aromatic nitrogens is 2. The molecule has 1 aliphatic carbocycles. The summed E-state index contributed by atoms with van der Waals surface area (Å²) >= 11 is 5.71. The van der Waals surface area contributed by atoms with E-state index in [4.69, 9.17) is 11.6 Å². The van der Waals surface area contributed by atoms with Gasteiger partial charge >= 0.3 is 0 Å². The molecule has 0 radical (unpaired) electrons. The Morgan fingerprint density at radius 1 is 1.18 bits per heavy atom. The van der Waals surface area contributed by atoms with Gasteiger partial charge in [0.2, 0.25) is 0 Å². The second-order valence-corrected chi connectivity index (χ2v) is 4.55. The maximum Gasteiger partial charge on any atom is 0.147 e. The lowest BCUT2D eigenvalue weighted by atomic mass is 10.1. The highest BCUT2D eigenvalue weighted by Crippen LogP contribution is 2.32. The number of rotatable bonds is 2. The highest BCUT2D eigenvalue weighted by Gasteiger charge is 2.21. The van der Waals surface area contributed by atoms with Crippen molar-refractivity contribution in [3.8, 4) is 0 Å². The number of hydrogen-bond donors (Lipinski definition) is 1. The van der Waals surface area contributed by atoms with Crippen molar-refractivity contribution in [3.05, 3.63) is 52.9 Å². The topological polar surface area (TPSA) is 37.8 Å². The number of nitrogens with zero attached hydrogens (tertiary/aromatic N) is 2. The minimum absolute atomic E-state index is 0.335. The number of halogens is 1. The van der Waals surface area contributed by atoms with E-state index in [9.17, 15) is 0 Å². The van der Waals surface area contributed by atoms with Gasteiger partial charge in [-0.3, -0.25) is 0 Å². The van der Waals surface area contributed by atoms with Crippen LogP contribution in [0.1, 0.15) is 23.6 Å². The fourth-order valence-electron chi connectivity index (χ4n) is 2.27. The fourth-order valence-corrected chi connectivity index (χ4v) is 2.37. The highest BCUT2D eigenvalue weighted by atomic mass is 35.5. The van der Waals surface area contributed by atoms with Crippen LogP contribution in [-0.4, -0.2) is 9.97 Å². The van der Waals surface area contributed by atoms with Crippen LogP contribution in [0.5, 0.6) is 0 Å². The monoisotopic (exact) mass is 245 g/mol. The smallest absolute Gasteiger partial charge is 0.147 e. The summed E-state index contributed by atoms with van der Waals surface area (Å²) in [5.41, 5.74) is 2.79. The van der Waals surface area contributed by atoms with Crippen LogP contribution >= 0.6 is 11.6 Å². The number of aryl methyl sites for hydroxylation is 1. The molecular weight excluding hydrogens is 234 g/mol. The third-order valence-electron chi connectivity index (χ3n) is 3.08. The Morgan fingerprint density at radius 2 is 2.06 bits per heavy atom. The van der Waals surface area contributed by atoms with Crippen LogP contribution in [0.4, 0.5) is 5.82 Å². The van der Waals surface area contributed by atoms with E-state index in [0.717, 1.165) is 18.7 Å². The lowest BCUT2D eigenvalue weighted by Gasteiger charge is -2.14. The van der Waals surface area contributed by atoms with Crippen molar-refractivity contribution in [2.75, 3.05) is 5.32 Å². The summed E-state index contributed by atoms with van der Waals surface area (Å²) < 4.78 is 0. The summed E-state index contributed by atoms with van der Waals surface area (Å²) in [6.07, 6.45) is 5.45. The van der Waals surface area contributed by atoms with Crippen LogP contribution in [0.25, 0.3) is 0 Å². The summed E-state index contributed by atoms with van der Waals surface area (Å²) in [6.45, 7) is 0. The average molecular weight is 246 g/mol. The molecule has 0 aliphatic heterocycles. The van der Waals surface area contributed by atoms with Gasteiger partial charge in [0.05, 0.1) is 18.4 Å². The standard InChI is InChI=1S/C13H12ClN3/c14-12-7-16-13(8-15-12)17-11-6-5-9-3-1-2-4-10(9)11/h1-4,7-8,11H,5-6H2,(H,16,17)/t11-/m1/s1. The number of fused-ring (bicyclic) bond motifs is 1.